The molecule has 13 heavy (non-hydrogen) atoms. The first kappa shape index (κ1) is 9.06. The van der Waals surface area contributed by atoms with Crippen LogP contribution in [-0.2, 0) is 4.74 Å². The predicted molar refractivity (Wildman–Crippen MR) is 49.6 cm³/mol. The third-order valence-corrected chi connectivity index (χ3v) is 2.60. The molecule has 2 atom stereocenters. The van der Waals surface area contributed by atoms with E-state index in [1.54, 1.807) is 6.07 Å². The lowest BCUT2D eigenvalue weighted by Crippen LogP contribution is -2.20. The van der Waals surface area contributed by atoms with E-state index in [-0.39, 0.29) is 6.04 Å². The molecule has 4 heteroatoms. The van der Waals surface area contributed by atoms with Gasteiger partial charge in [-0.05, 0) is 30.2 Å². The first-order valence-electron chi connectivity index (χ1n) is 4.36. The molecule has 1 aliphatic rings. The second kappa shape index (κ2) is 3.70. The molecule has 1 fully saturated rings. The summed E-state index contributed by atoms with van der Waals surface area (Å²) in [5.74, 6) is 1.11. The van der Waals surface area contributed by atoms with E-state index in [0.29, 0.717) is 11.1 Å². The van der Waals surface area contributed by atoms with E-state index in [0.717, 1.165) is 25.4 Å². The lowest BCUT2D eigenvalue weighted by atomic mass is 9.98. The number of furan rings is 1. The van der Waals surface area contributed by atoms with Gasteiger partial charge in [0.1, 0.15) is 5.76 Å². The van der Waals surface area contributed by atoms with E-state index < -0.39 is 0 Å². The molecule has 0 aliphatic carbocycles. The van der Waals surface area contributed by atoms with Crippen LogP contribution in [-0.4, -0.2) is 13.2 Å². The third kappa shape index (κ3) is 1.88. The Kier molecular flexibility index (Phi) is 2.58. The second-order valence-corrected chi connectivity index (χ2v) is 3.66. The first-order chi connectivity index (χ1) is 6.27. The molecular formula is C9H12ClNO2. The molecule has 72 valence electrons. The topological polar surface area (TPSA) is 48.4 Å². The smallest absolute Gasteiger partial charge is 0.193 e. The molecule has 1 saturated heterocycles. The van der Waals surface area contributed by atoms with Gasteiger partial charge in [0.2, 0.25) is 0 Å². The Bertz CT molecular complexity index is 281. The van der Waals surface area contributed by atoms with Crippen LogP contribution in [0.2, 0.25) is 5.22 Å². The van der Waals surface area contributed by atoms with Crippen molar-refractivity contribution in [2.45, 2.75) is 12.5 Å². The maximum absolute atomic E-state index is 5.98. The molecule has 1 aliphatic heterocycles. The maximum atomic E-state index is 5.98. The van der Waals surface area contributed by atoms with Crippen LogP contribution in [0.4, 0.5) is 0 Å². The number of ether oxygens (including phenoxy) is 1. The molecule has 0 radical (unpaired) electrons. The SMILES string of the molecule is NC(c1ccc(Cl)o1)C1CCOC1. The average molecular weight is 202 g/mol. The van der Waals surface area contributed by atoms with Crippen LogP contribution in [0.15, 0.2) is 16.5 Å². The van der Waals surface area contributed by atoms with E-state index in [4.69, 9.17) is 26.5 Å². The zero-order valence-electron chi connectivity index (χ0n) is 7.20. The lowest BCUT2D eigenvalue weighted by molar-refractivity contribution is 0.178. The quantitative estimate of drug-likeness (QED) is 0.796. The molecule has 1 aromatic rings. The van der Waals surface area contributed by atoms with E-state index in [1.807, 2.05) is 6.07 Å². The molecule has 3 nitrogen and oxygen atoms in total. The Labute approximate surface area is 81.8 Å². The highest BCUT2D eigenvalue weighted by atomic mass is 35.5. The molecule has 0 spiro atoms. The summed E-state index contributed by atoms with van der Waals surface area (Å²) in [6.07, 6.45) is 0.999. The first-order valence-corrected chi connectivity index (χ1v) is 4.74. The van der Waals surface area contributed by atoms with Gasteiger partial charge in [0.05, 0.1) is 12.6 Å². The van der Waals surface area contributed by atoms with Crippen molar-refractivity contribution in [2.24, 2.45) is 11.7 Å². The molecule has 2 heterocycles. The van der Waals surface area contributed by atoms with Crippen LogP contribution in [0.5, 0.6) is 0 Å². The molecule has 0 bridgehead atoms. The van der Waals surface area contributed by atoms with Crippen molar-refractivity contribution in [3.8, 4) is 0 Å². The van der Waals surface area contributed by atoms with Gasteiger partial charge in [-0.15, -0.1) is 0 Å². The van der Waals surface area contributed by atoms with Crippen LogP contribution < -0.4 is 5.73 Å². The Hall–Kier alpha value is -0.510. The molecule has 2 rings (SSSR count). The Morgan fingerprint density at radius 2 is 2.38 bits per heavy atom. The summed E-state index contributed by atoms with van der Waals surface area (Å²) < 4.78 is 10.5. The summed E-state index contributed by atoms with van der Waals surface area (Å²) in [5, 5.41) is 0.393. The van der Waals surface area contributed by atoms with Crippen LogP contribution in [0.1, 0.15) is 18.2 Å². The zero-order chi connectivity index (χ0) is 9.26. The minimum absolute atomic E-state index is 0.0880. The lowest BCUT2D eigenvalue weighted by Gasteiger charge is -2.14. The van der Waals surface area contributed by atoms with Crippen molar-refractivity contribution in [1.82, 2.24) is 0 Å². The molecule has 2 unspecified atom stereocenters. The largest absolute Gasteiger partial charge is 0.448 e. The molecular weight excluding hydrogens is 190 g/mol. The third-order valence-electron chi connectivity index (χ3n) is 2.40. The highest BCUT2D eigenvalue weighted by molar-refractivity contribution is 6.28. The summed E-state index contributed by atoms with van der Waals surface area (Å²) >= 11 is 5.66. The number of hydrogen-bond donors (Lipinski definition) is 1. The Morgan fingerprint density at radius 3 is 2.92 bits per heavy atom. The summed E-state index contributed by atoms with van der Waals surface area (Å²) in [7, 11) is 0. The normalized spacial score (nSPS) is 24.9. The van der Waals surface area contributed by atoms with E-state index in [2.05, 4.69) is 0 Å². The van der Waals surface area contributed by atoms with Crippen molar-refractivity contribution in [2.75, 3.05) is 13.2 Å². The predicted octanol–water partition coefficient (Wildman–Crippen LogP) is 1.97. The monoisotopic (exact) mass is 201 g/mol. The fourth-order valence-corrected chi connectivity index (χ4v) is 1.73. The average Bonchev–Trinajstić information content (AvgIpc) is 2.72. The summed E-state index contributed by atoms with van der Waals surface area (Å²) in [6, 6.07) is 3.45. The Morgan fingerprint density at radius 1 is 1.54 bits per heavy atom. The van der Waals surface area contributed by atoms with Crippen LogP contribution >= 0.6 is 11.6 Å². The van der Waals surface area contributed by atoms with E-state index in [9.17, 15) is 0 Å². The second-order valence-electron chi connectivity index (χ2n) is 3.29. The highest BCUT2D eigenvalue weighted by Crippen LogP contribution is 2.28. The van der Waals surface area contributed by atoms with Gasteiger partial charge in [0.25, 0.3) is 0 Å². The fourth-order valence-electron chi connectivity index (χ4n) is 1.58. The summed E-state index contributed by atoms with van der Waals surface area (Å²) in [6.45, 7) is 1.52. The fraction of sp³-hybridized carbons (Fsp3) is 0.556. The molecule has 2 N–H and O–H groups in total. The minimum atomic E-state index is -0.0880. The van der Waals surface area contributed by atoms with E-state index >= 15 is 0 Å². The number of rotatable bonds is 2. The van der Waals surface area contributed by atoms with Crippen molar-refractivity contribution in [3.05, 3.63) is 23.1 Å². The van der Waals surface area contributed by atoms with Crippen LogP contribution in [0.3, 0.4) is 0 Å². The van der Waals surface area contributed by atoms with Gasteiger partial charge < -0.3 is 14.9 Å². The molecule has 0 aromatic carbocycles. The van der Waals surface area contributed by atoms with Gasteiger partial charge in [0, 0.05) is 12.5 Å². The number of halogens is 1. The number of hydrogen-bond acceptors (Lipinski definition) is 3. The number of nitrogens with two attached hydrogens (primary N) is 1. The minimum Gasteiger partial charge on any atom is -0.448 e. The van der Waals surface area contributed by atoms with Gasteiger partial charge in [0.15, 0.2) is 5.22 Å². The van der Waals surface area contributed by atoms with Crippen molar-refractivity contribution < 1.29 is 9.15 Å². The van der Waals surface area contributed by atoms with Crippen LogP contribution in [0.25, 0.3) is 0 Å². The van der Waals surface area contributed by atoms with Gasteiger partial charge in [-0.2, -0.15) is 0 Å². The van der Waals surface area contributed by atoms with Crippen LogP contribution in [0, 0.1) is 5.92 Å². The zero-order valence-corrected chi connectivity index (χ0v) is 7.96. The van der Waals surface area contributed by atoms with Gasteiger partial charge >= 0.3 is 0 Å². The highest BCUT2D eigenvalue weighted by Gasteiger charge is 2.25. The molecule has 0 saturated carbocycles. The summed E-state index contributed by atoms with van der Waals surface area (Å²) in [4.78, 5) is 0. The molecule has 0 amide bonds. The van der Waals surface area contributed by atoms with Crippen molar-refractivity contribution in [1.29, 1.82) is 0 Å². The maximum Gasteiger partial charge on any atom is 0.193 e. The molecule has 1 aromatic heterocycles. The van der Waals surface area contributed by atoms with Gasteiger partial charge in [-0.1, -0.05) is 0 Å². The van der Waals surface area contributed by atoms with Gasteiger partial charge in [-0.25, -0.2) is 0 Å². The summed E-state index contributed by atoms with van der Waals surface area (Å²) in [5.41, 5.74) is 5.98. The van der Waals surface area contributed by atoms with Crippen molar-refractivity contribution >= 4 is 11.6 Å². The van der Waals surface area contributed by atoms with Gasteiger partial charge in [-0.3, -0.25) is 0 Å². The Balaban J connectivity index is 2.07. The standard InChI is InChI=1S/C9H12ClNO2/c10-8-2-1-7(13-8)9(11)6-3-4-12-5-6/h1-2,6,9H,3-5,11H2. The van der Waals surface area contributed by atoms with E-state index in [1.165, 1.54) is 0 Å². The van der Waals surface area contributed by atoms with Crippen molar-refractivity contribution in [3.63, 3.8) is 0 Å².